The summed E-state index contributed by atoms with van der Waals surface area (Å²) >= 11 is 6.88. The maximum absolute atomic E-state index is 12.3. The lowest BCUT2D eigenvalue weighted by atomic mass is 10.1. The molecule has 1 aromatic heterocycles. The first-order valence-corrected chi connectivity index (χ1v) is 9.90. The third kappa shape index (κ3) is 5.16. The van der Waals surface area contributed by atoms with Crippen molar-refractivity contribution in [2.24, 2.45) is 0 Å². The molecule has 11 heteroatoms. The molecule has 9 nitrogen and oxygen atoms in total. The first-order chi connectivity index (χ1) is 14.4. The van der Waals surface area contributed by atoms with Crippen molar-refractivity contribution in [1.29, 1.82) is 0 Å². The summed E-state index contributed by atoms with van der Waals surface area (Å²) in [6, 6.07) is 10.9. The normalized spacial score (nSPS) is 10.5. The van der Waals surface area contributed by atoms with Gasteiger partial charge in [0, 0.05) is 17.8 Å². The van der Waals surface area contributed by atoms with Crippen LogP contribution >= 0.6 is 22.9 Å². The number of benzene rings is 2. The molecule has 0 radical (unpaired) electrons. The Balaban J connectivity index is 1.61. The maximum Gasteiger partial charge on any atom is 0.340 e. The molecule has 154 valence electrons. The van der Waals surface area contributed by atoms with Gasteiger partial charge in [-0.05, 0) is 30.2 Å². The second-order valence-electron chi connectivity index (χ2n) is 6.00. The van der Waals surface area contributed by atoms with E-state index in [-0.39, 0.29) is 32.9 Å². The first-order valence-electron chi connectivity index (χ1n) is 8.71. The topological polar surface area (TPSA) is 124 Å². The van der Waals surface area contributed by atoms with Gasteiger partial charge < -0.3 is 10.1 Å². The van der Waals surface area contributed by atoms with E-state index in [0.717, 1.165) is 29.4 Å². The fourth-order valence-corrected chi connectivity index (χ4v) is 3.24. The number of halogens is 1. The van der Waals surface area contributed by atoms with E-state index in [0.29, 0.717) is 5.69 Å². The largest absolute Gasteiger partial charge is 0.455 e. The van der Waals surface area contributed by atoms with Crippen molar-refractivity contribution in [3.8, 4) is 0 Å². The van der Waals surface area contributed by atoms with Crippen molar-refractivity contribution in [3.63, 3.8) is 0 Å². The summed E-state index contributed by atoms with van der Waals surface area (Å²) in [4.78, 5) is 34.7. The number of carbonyl (C=O) groups is 2. The Bertz CT molecular complexity index is 1100. The number of anilines is 1. The average molecular weight is 447 g/mol. The molecule has 0 bridgehead atoms. The van der Waals surface area contributed by atoms with Gasteiger partial charge in [0.1, 0.15) is 6.61 Å². The number of aromatic nitrogens is 2. The number of aryl methyl sites for hydroxylation is 1. The van der Waals surface area contributed by atoms with Crippen molar-refractivity contribution in [2.75, 3.05) is 5.32 Å². The number of esters is 1. The fourth-order valence-electron chi connectivity index (χ4n) is 2.40. The second kappa shape index (κ2) is 9.42. The number of nitrogens with zero attached hydrogens (tertiary/aromatic N) is 3. The zero-order chi connectivity index (χ0) is 21.7. The summed E-state index contributed by atoms with van der Waals surface area (Å²) in [5.41, 5.74) is 1.36. The van der Waals surface area contributed by atoms with Gasteiger partial charge in [-0.3, -0.25) is 14.9 Å². The molecule has 30 heavy (non-hydrogen) atoms. The average Bonchev–Trinajstić information content (AvgIpc) is 3.22. The van der Waals surface area contributed by atoms with E-state index in [1.54, 1.807) is 12.1 Å². The summed E-state index contributed by atoms with van der Waals surface area (Å²) in [5, 5.41) is 21.6. The highest BCUT2D eigenvalue weighted by atomic mass is 35.5. The van der Waals surface area contributed by atoms with Gasteiger partial charge >= 0.3 is 5.97 Å². The molecule has 0 aliphatic carbocycles. The highest BCUT2D eigenvalue weighted by molar-refractivity contribution is 7.13. The summed E-state index contributed by atoms with van der Waals surface area (Å²) in [6.07, 6.45) is 0.897. The molecule has 0 atom stereocenters. The van der Waals surface area contributed by atoms with Crippen molar-refractivity contribution < 1.29 is 19.2 Å². The van der Waals surface area contributed by atoms with Crippen LogP contribution in [0.2, 0.25) is 5.02 Å². The molecule has 0 fully saturated rings. The Kier molecular flexibility index (Phi) is 6.70. The first kappa shape index (κ1) is 21.3. The fraction of sp³-hybridized carbons (Fsp3) is 0.158. The number of ether oxygens (including phenoxy) is 1. The maximum atomic E-state index is 12.3. The standard InChI is InChI=1S/C19H15ClN4O5S/c1-2-11-3-5-12(6-4-11)21-17(25)18-23-22-16(30-18)10-29-19(26)14-9-13(24(27)28)7-8-15(14)20/h3-9H,2,10H2,1H3,(H,21,25). The number of hydrogen-bond donors (Lipinski definition) is 1. The molecule has 0 spiro atoms. The predicted molar refractivity (Wildman–Crippen MR) is 111 cm³/mol. The second-order valence-corrected chi connectivity index (χ2v) is 7.47. The number of non-ortho nitro benzene ring substituents is 1. The lowest BCUT2D eigenvalue weighted by molar-refractivity contribution is -0.384. The van der Waals surface area contributed by atoms with E-state index < -0.39 is 16.8 Å². The van der Waals surface area contributed by atoms with Crippen LogP contribution in [0.4, 0.5) is 11.4 Å². The van der Waals surface area contributed by atoms with E-state index in [2.05, 4.69) is 15.5 Å². The Morgan fingerprint density at radius 3 is 2.60 bits per heavy atom. The third-order valence-electron chi connectivity index (χ3n) is 3.99. The van der Waals surface area contributed by atoms with Gasteiger partial charge in [0.25, 0.3) is 11.6 Å². The lowest BCUT2D eigenvalue weighted by Crippen LogP contribution is -2.11. The molecule has 1 heterocycles. The van der Waals surface area contributed by atoms with Gasteiger partial charge in [-0.2, -0.15) is 0 Å². The predicted octanol–water partition coefficient (Wildman–Crippen LogP) is 4.27. The van der Waals surface area contributed by atoms with E-state index >= 15 is 0 Å². The molecule has 0 saturated heterocycles. The van der Waals surface area contributed by atoms with Gasteiger partial charge in [-0.15, -0.1) is 10.2 Å². The third-order valence-corrected chi connectivity index (χ3v) is 5.21. The van der Waals surface area contributed by atoms with Crippen LogP contribution in [0, 0.1) is 10.1 Å². The summed E-state index contributed by atoms with van der Waals surface area (Å²) < 4.78 is 5.10. The number of amides is 1. The van der Waals surface area contributed by atoms with Crippen molar-refractivity contribution in [3.05, 3.63) is 78.7 Å². The van der Waals surface area contributed by atoms with Crippen LogP contribution in [0.25, 0.3) is 0 Å². The molecule has 0 saturated carbocycles. The lowest BCUT2D eigenvalue weighted by Gasteiger charge is -2.04. The Labute approximate surface area is 179 Å². The summed E-state index contributed by atoms with van der Waals surface area (Å²) in [6.45, 7) is 1.78. The number of rotatable bonds is 7. The molecule has 0 aliphatic rings. The number of hydrogen-bond acceptors (Lipinski definition) is 8. The molecule has 2 aromatic carbocycles. The van der Waals surface area contributed by atoms with Crippen LogP contribution < -0.4 is 5.32 Å². The van der Waals surface area contributed by atoms with Crippen LogP contribution in [-0.2, 0) is 17.8 Å². The van der Waals surface area contributed by atoms with Gasteiger partial charge in [0.15, 0.2) is 5.01 Å². The smallest absolute Gasteiger partial charge is 0.340 e. The SMILES string of the molecule is CCc1ccc(NC(=O)c2nnc(COC(=O)c3cc([N+](=O)[O-])ccc3Cl)s2)cc1. The van der Waals surface area contributed by atoms with Crippen molar-refractivity contribution in [2.45, 2.75) is 20.0 Å². The molecule has 1 N–H and O–H groups in total. The Morgan fingerprint density at radius 2 is 1.93 bits per heavy atom. The van der Waals surface area contributed by atoms with Crippen LogP contribution in [0.3, 0.4) is 0 Å². The number of nitro benzene ring substituents is 1. The quantitative estimate of drug-likeness (QED) is 0.326. The minimum Gasteiger partial charge on any atom is -0.455 e. The van der Waals surface area contributed by atoms with E-state index in [4.69, 9.17) is 16.3 Å². The van der Waals surface area contributed by atoms with Gasteiger partial charge in [0.05, 0.1) is 15.5 Å². The van der Waals surface area contributed by atoms with E-state index in [1.165, 1.54) is 12.1 Å². The molecular weight excluding hydrogens is 432 g/mol. The highest BCUT2D eigenvalue weighted by Crippen LogP contribution is 2.23. The Morgan fingerprint density at radius 1 is 1.20 bits per heavy atom. The molecule has 0 unspecified atom stereocenters. The zero-order valence-electron chi connectivity index (χ0n) is 15.6. The van der Waals surface area contributed by atoms with Crippen molar-refractivity contribution >= 4 is 46.2 Å². The Hall–Kier alpha value is -3.37. The van der Waals surface area contributed by atoms with Gasteiger partial charge in [-0.1, -0.05) is 42.0 Å². The minimum absolute atomic E-state index is 0.0250. The number of nitrogens with one attached hydrogen (secondary N) is 1. The molecular formula is C19H15ClN4O5S. The molecule has 0 aliphatic heterocycles. The van der Waals surface area contributed by atoms with Gasteiger partial charge in [0.2, 0.25) is 5.01 Å². The summed E-state index contributed by atoms with van der Waals surface area (Å²) in [7, 11) is 0. The molecule has 1 amide bonds. The molecule has 3 aromatic rings. The van der Waals surface area contributed by atoms with Crippen LogP contribution in [0.15, 0.2) is 42.5 Å². The van der Waals surface area contributed by atoms with Crippen LogP contribution in [-0.4, -0.2) is 27.0 Å². The number of nitro groups is 1. The van der Waals surface area contributed by atoms with Crippen LogP contribution in [0.1, 0.15) is 37.7 Å². The van der Waals surface area contributed by atoms with Crippen LogP contribution in [0.5, 0.6) is 0 Å². The zero-order valence-corrected chi connectivity index (χ0v) is 17.2. The minimum atomic E-state index is -0.846. The monoisotopic (exact) mass is 446 g/mol. The van der Waals surface area contributed by atoms with Gasteiger partial charge in [-0.25, -0.2) is 4.79 Å². The highest BCUT2D eigenvalue weighted by Gasteiger charge is 2.19. The van der Waals surface area contributed by atoms with Crippen molar-refractivity contribution in [1.82, 2.24) is 10.2 Å². The number of carbonyl (C=O) groups excluding carboxylic acids is 2. The van der Waals surface area contributed by atoms with E-state index in [1.807, 2.05) is 19.1 Å². The summed E-state index contributed by atoms with van der Waals surface area (Å²) in [5.74, 6) is -1.28. The van der Waals surface area contributed by atoms with E-state index in [9.17, 15) is 19.7 Å². The molecule has 3 rings (SSSR count).